The van der Waals surface area contributed by atoms with Crippen LogP contribution in [0.25, 0.3) is 0 Å². The van der Waals surface area contributed by atoms with Gasteiger partial charge in [-0.05, 0) is 44.9 Å². The zero-order chi connectivity index (χ0) is 13.1. The van der Waals surface area contributed by atoms with Gasteiger partial charge in [-0.15, -0.1) is 0 Å². The van der Waals surface area contributed by atoms with Crippen LogP contribution in [0.2, 0.25) is 0 Å². The first-order chi connectivity index (χ1) is 7.85. The lowest BCUT2D eigenvalue weighted by Gasteiger charge is -2.25. The summed E-state index contributed by atoms with van der Waals surface area (Å²) in [6.45, 7) is 5.62. The first-order valence-electron chi connectivity index (χ1n) is 5.50. The van der Waals surface area contributed by atoms with Gasteiger partial charge >= 0.3 is 0 Å². The third-order valence-electron chi connectivity index (χ3n) is 2.54. The molecule has 0 aromatic heterocycles. The van der Waals surface area contributed by atoms with E-state index in [4.69, 9.17) is 0 Å². The highest BCUT2D eigenvalue weighted by atomic mass is 79.9. The van der Waals surface area contributed by atoms with Crippen molar-refractivity contribution in [3.05, 3.63) is 35.1 Å². The lowest BCUT2D eigenvalue weighted by molar-refractivity contribution is 0.0908. The van der Waals surface area contributed by atoms with Crippen LogP contribution < -0.4 is 5.32 Å². The maximum Gasteiger partial charge on any atom is 0.254 e. The molecule has 94 valence electrons. The second kappa shape index (κ2) is 5.63. The van der Waals surface area contributed by atoms with Gasteiger partial charge in [-0.2, -0.15) is 0 Å². The number of benzene rings is 1. The zero-order valence-corrected chi connectivity index (χ0v) is 11.9. The van der Waals surface area contributed by atoms with Crippen molar-refractivity contribution in [1.82, 2.24) is 5.32 Å². The summed E-state index contributed by atoms with van der Waals surface area (Å²) in [5, 5.41) is 3.61. The minimum Gasteiger partial charge on any atom is -0.347 e. The van der Waals surface area contributed by atoms with Gasteiger partial charge in [0.2, 0.25) is 0 Å². The number of amides is 1. The van der Waals surface area contributed by atoms with Gasteiger partial charge in [-0.1, -0.05) is 22.0 Å². The van der Waals surface area contributed by atoms with Crippen molar-refractivity contribution in [3.63, 3.8) is 0 Å². The molecule has 0 atom stereocenters. The number of carbonyl (C=O) groups excluding carboxylic acids is 1. The van der Waals surface area contributed by atoms with E-state index < -0.39 is 5.82 Å². The van der Waals surface area contributed by atoms with E-state index in [0.29, 0.717) is 0 Å². The molecule has 0 unspecified atom stereocenters. The summed E-state index contributed by atoms with van der Waals surface area (Å²) in [7, 11) is 0. The molecule has 0 bridgehead atoms. The summed E-state index contributed by atoms with van der Waals surface area (Å²) in [5.74, 6) is -0.842. The van der Waals surface area contributed by atoms with Gasteiger partial charge in [0.05, 0.1) is 5.56 Å². The molecule has 1 aromatic rings. The molecule has 1 rings (SSSR count). The molecular weight excluding hydrogens is 285 g/mol. The first kappa shape index (κ1) is 14.2. The maximum atomic E-state index is 13.6. The Morgan fingerprint density at radius 1 is 1.47 bits per heavy atom. The van der Waals surface area contributed by atoms with E-state index in [-0.39, 0.29) is 17.0 Å². The predicted octanol–water partition coefficient (Wildman–Crippen LogP) is 3.43. The smallest absolute Gasteiger partial charge is 0.254 e. The average molecular weight is 302 g/mol. The number of nitrogens with one attached hydrogen (secondary N) is 1. The molecule has 4 heteroatoms. The molecule has 0 heterocycles. The Morgan fingerprint density at radius 2 is 2.12 bits per heavy atom. The molecule has 17 heavy (non-hydrogen) atoms. The fourth-order valence-electron chi connectivity index (χ4n) is 1.48. The van der Waals surface area contributed by atoms with Crippen LogP contribution in [0.1, 0.15) is 36.2 Å². The van der Waals surface area contributed by atoms with Crippen LogP contribution >= 0.6 is 15.9 Å². The van der Waals surface area contributed by atoms with Crippen LogP contribution in [0.15, 0.2) is 18.2 Å². The summed E-state index contributed by atoms with van der Waals surface area (Å²) >= 11 is 3.33. The Balaban J connectivity index is 2.83. The largest absolute Gasteiger partial charge is 0.347 e. The fourth-order valence-corrected chi connectivity index (χ4v) is 2.47. The van der Waals surface area contributed by atoms with Gasteiger partial charge in [0, 0.05) is 10.9 Å². The summed E-state index contributed by atoms with van der Waals surface area (Å²) < 4.78 is 13.6. The Morgan fingerprint density at radius 3 is 2.65 bits per heavy atom. The molecule has 0 radical (unpaired) electrons. The topological polar surface area (TPSA) is 29.1 Å². The van der Waals surface area contributed by atoms with Crippen molar-refractivity contribution in [2.75, 3.05) is 5.33 Å². The van der Waals surface area contributed by atoms with Crippen LogP contribution in [-0.2, 0) is 0 Å². The number of alkyl halides is 1. The van der Waals surface area contributed by atoms with Crippen molar-refractivity contribution in [3.8, 4) is 0 Å². The number of rotatable bonds is 4. The average Bonchev–Trinajstić information content (AvgIpc) is 2.15. The molecule has 0 spiro atoms. The van der Waals surface area contributed by atoms with Gasteiger partial charge in [0.1, 0.15) is 5.82 Å². The number of carbonyl (C=O) groups is 1. The standard InChI is InChI=1S/C13H17BrFNO/c1-9-4-5-10(11(15)8-9)12(17)16-13(2,3)6-7-14/h4-5,8H,6-7H2,1-3H3,(H,16,17). The Labute approximate surface area is 110 Å². The fraction of sp³-hybridized carbons (Fsp3) is 0.462. The van der Waals surface area contributed by atoms with E-state index in [1.807, 2.05) is 13.8 Å². The number of hydrogen-bond donors (Lipinski definition) is 1. The lowest BCUT2D eigenvalue weighted by Crippen LogP contribution is -2.43. The van der Waals surface area contributed by atoms with Crippen molar-refractivity contribution in [1.29, 1.82) is 0 Å². The summed E-state index contributed by atoms with van der Waals surface area (Å²) in [4.78, 5) is 11.9. The SMILES string of the molecule is Cc1ccc(C(=O)NC(C)(C)CCBr)c(F)c1. The minimum absolute atomic E-state index is 0.0956. The van der Waals surface area contributed by atoms with Crippen LogP contribution in [0.4, 0.5) is 4.39 Å². The lowest BCUT2D eigenvalue weighted by atomic mass is 10.0. The minimum atomic E-state index is -0.475. The van der Waals surface area contributed by atoms with E-state index in [0.717, 1.165) is 17.3 Å². The van der Waals surface area contributed by atoms with Crippen molar-refractivity contribution in [2.24, 2.45) is 0 Å². The molecule has 2 nitrogen and oxygen atoms in total. The molecule has 0 fully saturated rings. The maximum absolute atomic E-state index is 13.6. The van der Waals surface area contributed by atoms with Gasteiger partial charge in [0.25, 0.3) is 5.91 Å². The van der Waals surface area contributed by atoms with Crippen LogP contribution in [0, 0.1) is 12.7 Å². The Kier molecular flexibility index (Phi) is 4.69. The summed E-state index contributed by atoms with van der Waals surface area (Å²) in [6.07, 6.45) is 0.784. The normalized spacial score (nSPS) is 11.4. The first-order valence-corrected chi connectivity index (χ1v) is 6.62. The third kappa shape index (κ3) is 4.11. The molecule has 1 amide bonds. The van der Waals surface area contributed by atoms with E-state index >= 15 is 0 Å². The number of hydrogen-bond acceptors (Lipinski definition) is 1. The molecule has 0 saturated heterocycles. The van der Waals surface area contributed by atoms with Gasteiger partial charge in [-0.25, -0.2) is 4.39 Å². The second-order valence-electron chi connectivity index (χ2n) is 4.76. The van der Waals surface area contributed by atoms with Crippen LogP contribution in [0.3, 0.4) is 0 Å². The van der Waals surface area contributed by atoms with Gasteiger partial charge < -0.3 is 5.32 Å². The van der Waals surface area contributed by atoms with Crippen molar-refractivity contribution >= 4 is 21.8 Å². The molecule has 0 aliphatic carbocycles. The predicted molar refractivity (Wildman–Crippen MR) is 71.1 cm³/mol. The second-order valence-corrected chi connectivity index (χ2v) is 5.55. The molecule has 1 aromatic carbocycles. The summed E-state index contributed by atoms with van der Waals surface area (Å²) in [5.41, 5.74) is 0.551. The van der Waals surface area contributed by atoms with E-state index in [1.165, 1.54) is 12.1 Å². The highest BCUT2D eigenvalue weighted by Crippen LogP contribution is 2.14. The van der Waals surface area contributed by atoms with Gasteiger partial charge in [-0.3, -0.25) is 4.79 Å². The molecule has 1 N–H and O–H groups in total. The van der Waals surface area contributed by atoms with Crippen LogP contribution in [-0.4, -0.2) is 16.8 Å². The summed E-state index contributed by atoms with van der Waals surface area (Å²) in [6, 6.07) is 4.62. The number of halogens is 2. The van der Waals surface area contributed by atoms with E-state index in [2.05, 4.69) is 21.2 Å². The highest BCUT2D eigenvalue weighted by Gasteiger charge is 2.21. The quantitative estimate of drug-likeness (QED) is 0.848. The van der Waals surface area contributed by atoms with E-state index in [9.17, 15) is 9.18 Å². The van der Waals surface area contributed by atoms with E-state index in [1.54, 1.807) is 13.0 Å². The highest BCUT2D eigenvalue weighted by molar-refractivity contribution is 9.09. The zero-order valence-electron chi connectivity index (χ0n) is 10.3. The van der Waals surface area contributed by atoms with Crippen molar-refractivity contribution in [2.45, 2.75) is 32.7 Å². The Hall–Kier alpha value is -0.900. The molecule has 0 aliphatic heterocycles. The molecule has 0 saturated carbocycles. The third-order valence-corrected chi connectivity index (χ3v) is 2.94. The molecule has 0 aliphatic rings. The number of aryl methyl sites for hydroxylation is 1. The van der Waals surface area contributed by atoms with Crippen LogP contribution in [0.5, 0.6) is 0 Å². The molecular formula is C13H17BrFNO. The monoisotopic (exact) mass is 301 g/mol. The van der Waals surface area contributed by atoms with Crippen molar-refractivity contribution < 1.29 is 9.18 Å². The van der Waals surface area contributed by atoms with Gasteiger partial charge in [0.15, 0.2) is 0 Å². The Bertz CT molecular complexity index is 418.